The molecule has 2 saturated carbocycles. The van der Waals surface area contributed by atoms with E-state index in [0.717, 1.165) is 49.0 Å². The quantitative estimate of drug-likeness (QED) is 0.228. The number of amides is 3. The van der Waals surface area contributed by atoms with Gasteiger partial charge in [-0.25, -0.2) is 4.79 Å². The Kier molecular flexibility index (Phi) is 10.1. The number of nitrogens with zero attached hydrogens (tertiary/aromatic N) is 1. The number of nitrogens with one attached hydrogen (secondary N) is 2. The second-order valence-electron chi connectivity index (χ2n) is 16.8. The summed E-state index contributed by atoms with van der Waals surface area (Å²) >= 11 is 0. The van der Waals surface area contributed by atoms with Gasteiger partial charge in [0.25, 0.3) is 0 Å². The minimum atomic E-state index is -4.90. The van der Waals surface area contributed by atoms with Crippen LogP contribution >= 0.6 is 0 Å². The zero-order valence-corrected chi connectivity index (χ0v) is 30.9. The number of halogens is 3. The lowest BCUT2D eigenvalue weighted by atomic mass is 9.56. The summed E-state index contributed by atoms with van der Waals surface area (Å²) in [6, 6.07) is 9.28. The van der Waals surface area contributed by atoms with E-state index in [0.29, 0.717) is 56.5 Å². The molecule has 11 heteroatoms. The number of benzene rings is 1. The van der Waals surface area contributed by atoms with Gasteiger partial charge in [0.1, 0.15) is 6.10 Å². The Morgan fingerprint density at radius 1 is 1.04 bits per heavy atom. The predicted octanol–water partition coefficient (Wildman–Crippen LogP) is 7.29. The zero-order valence-electron chi connectivity index (χ0n) is 30.9. The molecule has 4 fully saturated rings. The standard InChI is InChI=1S/C41H54F3N3O5/c1-24-20-34-36(47(23-24)37(49)41(42,43)44)26(3)40(52-34)17-15-30-31-12-11-28-21-29(14-16-39(28,4)33(31)22-32(30)25(40)2)51-38(50)46-19-18-45-35(48)13-10-27-8-6-5-7-9-27/h5-9,11,24,26,29-31,33-34,36H,10,12-23H2,1-4H3,(H,45,48)(H,46,50)/t24-,26+,29-,30-,31-,33-,34+,36-,39-,40-/m0/s1. The number of hydrogen-bond donors (Lipinski definition) is 2. The molecule has 1 spiro atoms. The van der Waals surface area contributed by atoms with Gasteiger partial charge in [-0.15, -0.1) is 0 Å². The first-order valence-electron chi connectivity index (χ1n) is 19.4. The van der Waals surface area contributed by atoms with E-state index in [1.165, 1.54) is 16.7 Å². The average molecular weight is 726 g/mol. The number of alkyl halides is 3. The molecule has 2 aliphatic heterocycles. The van der Waals surface area contributed by atoms with Crippen molar-refractivity contribution in [1.82, 2.24) is 15.5 Å². The van der Waals surface area contributed by atoms with Crippen LogP contribution in [0.1, 0.15) is 91.0 Å². The first-order chi connectivity index (χ1) is 24.7. The molecule has 0 aromatic heterocycles. The smallest absolute Gasteiger partial charge is 0.446 e. The van der Waals surface area contributed by atoms with Crippen LogP contribution in [0.25, 0.3) is 0 Å². The first kappa shape index (κ1) is 37.0. The highest BCUT2D eigenvalue weighted by Gasteiger charge is 2.63. The molecule has 2 heterocycles. The molecule has 0 unspecified atom stereocenters. The van der Waals surface area contributed by atoms with Crippen molar-refractivity contribution in [2.45, 2.75) is 122 Å². The molecule has 7 rings (SSSR count). The summed E-state index contributed by atoms with van der Waals surface area (Å²) in [7, 11) is 0. The van der Waals surface area contributed by atoms with Crippen molar-refractivity contribution in [3.63, 3.8) is 0 Å². The summed E-state index contributed by atoms with van der Waals surface area (Å²) in [4.78, 5) is 38.6. The highest BCUT2D eigenvalue weighted by molar-refractivity contribution is 5.82. The lowest BCUT2D eigenvalue weighted by Gasteiger charge is -2.49. The molecular formula is C41H54F3N3O5. The van der Waals surface area contributed by atoms with Crippen molar-refractivity contribution >= 4 is 17.9 Å². The highest BCUT2D eigenvalue weighted by atomic mass is 19.4. The number of carbonyl (C=O) groups excluding carboxylic acids is 3. The average Bonchev–Trinajstić information content (AvgIpc) is 3.63. The third-order valence-corrected chi connectivity index (χ3v) is 14.0. The molecular weight excluding hydrogens is 671 g/mol. The molecule has 3 amide bonds. The van der Waals surface area contributed by atoms with Crippen molar-refractivity contribution in [2.24, 2.45) is 35.0 Å². The molecule has 2 saturated heterocycles. The number of likely N-dealkylation sites (tertiary alicyclic amines) is 1. The Morgan fingerprint density at radius 2 is 1.79 bits per heavy atom. The van der Waals surface area contributed by atoms with E-state index in [1.807, 2.05) is 44.2 Å². The highest BCUT2D eigenvalue weighted by Crippen LogP contribution is 2.65. The third-order valence-electron chi connectivity index (χ3n) is 14.0. The molecule has 1 aromatic carbocycles. The van der Waals surface area contributed by atoms with E-state index in [9.17, 15) is 27.6 Å². The van der Waals surface area contributed by atoms with Gasteiger partial charge in [-0.3, -0.25) is 9.59 Å². The van der Waals surface area contributed by atoms with Crippen LogP contribution < -0.4 is 10.6 Å². The number of alkyl carbamates (subject to hydrolysis) is 1. The second-order valence-corrected chi connectivity index (χ2v) is 16.8. The number of aryl methyl sites for hydroxylation is 1. The number of allylic oxidation sites excluding steroid dienone is 2. The lowest BCUT2D eigenvalue weighted by Crippen LogP contribution is -2.57. The van der Waals surface area contributed by atoms with Crippen molar-refractivity contribution in [2.75, 3.05) is 19.6 Å². The van der Waals surface area contributed by atoms with Crippen molar-refractivity contribution < 1.29 is 37.0 Å². The van der Waals surface area contributed by atoms with Crippen LogP contribution in [0, 0.1) is 35.0 Å². The fourth-order valence-electron chi connectivity index (χ4n) is 11.4. The molecule has 10 atom stereocenters. The van der Waals surface area contributed by atoms with Gasteiger partial charge in [-0.2, -0.15) is 13.2 Å². The molecule has 2 N–H and O–H groups in total. The molecule has 284 valence electrons. The third kappa shape index (κ3) is 6.68. The Bertz CT molecular complexity index is 1610. The van der Waals surface area contributed by atoms with E-state index in [-0.39, 0.29) is 35.8 Å². The number of carbonyl (C=O) groups is 3. The number of piperidine rings is 1. The van der Waals surface area contributed by atoms with Gasteiger partial charge in [0.2, 0.25) is 5.91 Å². The Balaban J connectivity index is 0.951. The maximum Gasteiger partial charge on any atom is 0.471 e. The molecule has 6 aliphatic rings. The van der Waals surface area contributed by atoms with E-state index < -0.39 is 35.9 Å². The van der Waals surface area contributed by atoms with E-state index in [1.54, 1.807) is 0 Å². The van der Waals surface area contributed by atoms with E-state index >= 15 is 0 Å². The van der Waals surface area contributed by atoms with Crippen molar-refractivity contribution in [3.8, 4) is 0 Å². The molecule has 8 nitrogen and oxygen atoms in total. The summed E-state index contributed by atoms with van der Waals surface area (Å²) in [5.74, 6) is -0.716. The number of hydrogen-bond acceptors (Lipinski definition) is 5. The van der Waals surface area contributed by atoms with Crippen LogP contribution in [0.5, 0.6) is 0 Å². The van der Waals surface area contributed by atoms with Crippen LogP contribution in [0.2, 0.25) is 0 Å². The minimum Gasteiger partial charge on any atom is -0.446 e. The van der Waals surface area contributed by atoms with Crippen LogP contribution in [-0.2, 0) is 25.5 Å². The fourth-order valence-corrected chi connectivity index (χ4v) is 11.4. The van der Waals surface area contributed by atoms with Crippen molar-refractivity contribution in [1.29, 1.82) is 0 Å². The Labute approximate surface area is 305 Å². The number of ether oxygens (including phenoxy) is 2. The summed E-state index contributed by atoms with van der Waals surface area (Å²) in [5.41, 5.74) is 4.43. The van der Waals surface area contributed by atoms with E-state index in [2.05, 4.69) is 30.6 Å². The maximum atomic E-state index is 13.7. The van der Waals surface area contributed by atoms with Crippen molar-refractivity contribution in [3.05, 3.63) is 58.7 Å². The normalized spacial score (nSPS) is 36.7. The minimum absolute atomic E-state index is 0.0113. The first-order valence-corrected chi connectivity index (χ1v) is 19.4. The zero-order chi connectivity index (χ0) is 37.0. The summed E-state index contributed by atoms with van der Waals surface area (Å²) in [6.07, 6.45) is 4.19. The van der Waals surface area contributed by atoms with E-state index in [4.69, 9.17) is 9.47 Å². The SMILES string of the molecule is CC1=C2C[C@H]3[C@@H](CC=C4C[C@@H](OC(=O)NCCNC(=O)CCc5ccccc5)CC[C@@]43C)[C@@H]2CC[C@]12O[C@@H]1C[C@H](C)CN(C(=O)C(F)(F)F)[C@H]1[C@H]2C. The van der Waals surface area contributed by atoms with Crippen LogP contribution in [0.3, 0.4) is 0 Å². The second kappa shape index (κ2) is 14.1. The van der Waals surface area contributed by atoms with Gasteiger partial charge >= 0.3 is 18.2 Å². The van der Waals surface area contributed by atoms with Crippen LogP contribution in [0.15, 0.2) is 53.1 Å². The lowest BCUT2D eigenvalue weighted by molar-refractivity contribution is -0.192. The molecule has 4 aliphatic carbocycles. The van der Waals surface area contributed by atoms with Gasteiger partial charge in [0.05, 0.1) is 17.7 Å². The monoisotopic (exact) mass is 725 g/mol. The van der Waals surface area contributed by atoms with Gasteiger partial charge in [0, 0.05) is 38.4 Å². The molecule has 0 bridgehead atoms. The predicted molar refractivity (Wildman–Crippen MR) is 190 cm³/mol. The number of fused-ring (bicyclic) bond motifs is 6. The van der Waals surface area contributed by atoms with Crippen LogP contribution in [-0.4, -0.2) is 72.5 Å². The van der Waals surface area contributed by atoms with Gasteiger partial charge in [0.15, 0.2) is 0 Å². The molecule has 1 aromatic rings. The summed E-state index contributed by atoms with van der Waals surface area (Å²) < 4.78 is 53.9. The number of rotatable bonds is 7. The Hall–Kier alpha value is -3.34. The van der Waals surface area contributed by atoms with Gasteiger partial charge < -0.3 is 25.0 Å². The van der Waals surface area contributed by atoms with Crippen LogP contribution in [0.4, 0.5) is 18.0 Å². The Morgan fingerprint density at radius 3 is 2.54 bits per heavy atom. The molecule has 0 radical (unpaired) electrons. The van der Waals surface area contributed by atoms with Gasteiger partial charge in [-0.1, -0.05) is 68.3 Å². The summed E-state index contributed by atoms with van der Waals surface area (Å²) in [5, 5.41) is 5.65. The molecule has 52 heavy (non-hydrogen) atoms. The fraction of sp³-hybridized carbons (Fsp3) is 0.683. The topological polar surface area (TPSA) is 97.0 Å². The maximum absolute atomic E-state index is 13.7. The summed E-state index contributed by atoms with van der Waals surface area (Å²) in [6.45, 7) is 9.19. The largest absolute Gasteiger partial charge is 0.471 e. The van der Waals surface area contributed by atoms with Gasteiger partial charge in [-0.05, 0) is 98.5 Å².